The lowest BCUT2D eigenvalue weighted by atomic mass is 10.2. The van der Waals surface area contributed by atoms with E-state index < -0.39 is 15.1 Å². The number of methoxy groups -OCH3 is 1. The zero-order chi connectivity index (χ0) is 12.3. The van der Waals surface area contributed by atoms with Crippen molar-refractivity contribution in [3.05, 3.63) is 23.8 Å². The molecule has 0 aliphatic carbocycles. The van der Waals surface area contributed by atoms with Crippen LogP contribution < -0.4 is 5.73 Å². The molecule has 0 aromatic heterocycles. The third kappa shape index (κ3) is 2.36. The van der Waals surface area contributed by atoms with Gasteiger partial charge in [0.05, 0.1) is 16.8 Å². The first-order chi connectivity index (χ1) is 7.41. The van der Waals surface area contributed by atoms with E-state index >= 15 is 0 Å². The van der Waals surface area contributed by atoms with Crippen LogP contribution >= 0.6 is 0 Å². The summed E-state index contributed by atoms with van der Waals surface area (Å²) in [7, 11) is -1.87. The molecule has 1 rings (SSSR count). The maximum absolute atomic E-state index is 12.2. The van der Waals surface area contributed by atoms with Gasteiger partial charge in [-0.25, -0.2) is 8.42 Å². The van der Waals surface area contributed by atoms with Gasteiger partial charge >= 0.3 is 0 Å². The topological polar surface area (TPSA) is 69.4 Å². The molecular formula is C11H17NO3S. The van der Waals surface area contributed by atoms with Crippen LogP contribution in [0.2, 0.25) is 0 Å². The Hall–Kier alpha value is -1.07. The van der Waals surface area contributed by atoms with Crippen molar-refractivity contribution in [3.63, 3.8) is 0 Å². The highest BCUT2D eigenvalue weighted by Gasteiger charge is 2.25. The Morgan fingerprint density at radius 3 is 2.62 bits per heavy atom. The van der Waals surface area contributed by atoms with Crippen LogP contribution in [0.3, 0.4) is 0 Å². The lowest BCUT2D eigenvalue weighted by Gasteiger charge is -2.14. The smallest absolute Gasteiger partial charge is 0.183 e. The second kappa shape index (κ2) is 4.84. The molecule has 1 aromatic rings. The van der Waals surface area contributed by atoms with Crippen LogP contribution in [0.5, 0.6) is 0 Å². The third-order valence-electron chi connectivity index (χ3n) is 2.56. The summed E-state index contributed by atoms with van der Waals surface area (Å²) in [5.74, 6) is 0. The molecule has 1 unspecified atom stereocenters. The van der Waals surface area contributed by atoms with Gasteiger partial charge in [0.2, 0.25) is 0 Å². The fourth-order valence-corrected chi connectivity index (χ4v) is 3.04. The molecule has 0 fully saturated rings. The first-order valence-corrected chi connectivity index (χ1v) is 6.53. The van der Waals surface area contributed by atoms with Crippen LogP contribution in [0.1, 0.15) is 12.5 Å². The summed E-state index contributed by atoms with van der Waals surface area (Å²) in [6, 6.07) is 4.91. The van der Waals surface area contributed by atoms with E-state index in [9.17, 15) is 8.42 Å². The fraction of sp³-hybridized carbons (Fsp3) is 0.455. The Kier molecular flexibility index (Phi) is 3.93. The molecule has 0 aliphatic rings. The maximum atomic E-state index is 12.2. The number of hydrogen-bond donors (Lipinski definition) is 1. The van der Waals surface area contributed by atoms with Crippen molar-refractivity contribution in [3.8, 4) is 0 Å². The molecule has 0 saturated heterocycles. The molecule has 4 nitrogen and oxygen atoms in total. The lowest BCUT2D eigenvalue weighted by molar-refractivity contribution is 0.200. The van der Waals surface area contributed by atoms with Crippen molar-refractivity contribution in [2.24, 2.45) is 0 Å². The van der Waals surface area contributed by atoms with Gasteiger partial charge in [0.25, 0.3) is 0 Å². The van der Waals surface area contributed by atoms with Gasteiger partial charge < -0.3 is 10.5 Å². The standard InChI is InChI=1S/C11H17NO3S/c1-8(7-15-3)16(13,14)11-6-4-5-10(12)9(11)2/h4-6,8H,7,12H2,1-3H3. The SMILES string of the molecule is COCC(C)S(=O)(=O)c1cccc(N)c1C. The number of hydrogen-bond acceptors (Lipinski definition) is 4. The van der Waals surface area contributed by atoms with Crippen LogP contribution in [0, 0.1) is 6.92 Å². The Balaban J connectivity index is 3.22. The first kappa shape index (κ1) is 13.0. The molecule has 0 amide bonds. The number of nitrogen functional groups attached to an aromatic ring is 1. The van der Waals surface area contributed by atoms with Crippen LogP contribution in [0.25, 0.3) is 0 Å². The first-order valence-electron chi connectivity index (χ1n) is 4.99. The minimum Gasteiger partial charge on any atom is -0.398 e. The van der Waals surface area contributed by atoms with Crippen LogP contribution in [-0.4, -0.2) is 27.4 Å². The summed E-state index contributed by atoms with van der Waals surface area (Å²) in [5.41, 5.74) is 6.79. The average molecular weight is 243 g/mol. The largest absolute Gasteiger partial charge is 0.398 e. The van der Waals surface area contributed by atoms with E-state index in [1.807, 2.05) is 0 Å². The molecule has 0 aliphatic heterocycles. The van der Waals surface area contributed by atoms with Gasteiger partial charge in [0.1, 0.15) is 0 Å². The quantitative estimate of drug-likeness (QED) is 0.811. The Morgan fingerprint density at radius 1 is 1.44 bits per heavy atom. The van der Waals surface area contributed by atoms with Crippen molar-refractivity contribution in [2.45, 2.75) is 24.0 Å². The molecule has 16 heavy (non-hydrogen) atoms. The Morgan fingerprint density at radius 2 is 2.06 bits per heavy atom. The minimum absolute atomic E-state index is 0.177. The van der Waals surface area contributed by atoms with E-state index in [-0.39, 0.29) is 11.5 Å². The molecule has 0 saturated carbocycles. The Bertz CT molecular complexity index is 468. The van der Waals surface area contributed by atoms with Crippen LogP contribution in [0.15, 0.2) is 23.1 Å². The lowest BCUT2D eigenvalue weighted by Crippen LogP contribution is -2.23. The molecule has 5 heteroatoms. The van der Waals surface area contributed by atoms with Gasteiger partial charge in [-0.3, -0.25) is 0 Å². The summed E-state index contributed by atoms with van der Waals surface area (Å²) < 4.78 is 29.2. The highest BCUT2D eigenvalue weighted by atomic mass is 32.2. The molecule has 1 atom stereocenters. The minimum atomic E-state index is -3.36. The highest BCUT2D eigenvalue weighted by Crippen LogP contribution is 2.24. The molecule has 0 heterocycles. The van der Waals surface area contributed by atoms with E-state index in [0.29, 0.717) is 11.3 Å². The van der Waals surface area contributed by atoms with Gasteiger partial charge in [0, 0.05) is 12.8 Å². The van der Waals surface area contributed by atoms with E-state index in [1.54, 1.807) is 32.0 Å². The molecule has 2 N–H and O–H groups in total. The van der Waals surface area contributed by atoms with E-state index in [1.165, 1.54) is 7.11 Å². The van der Waals surface area contributed by atoms with Crippen LogP contribution in [-0.2, 0) is 14.6 Å². The van der Waals surface area contributed by atoms with Gasteiger partial charge in [-0.05, 0) is 31.5 Å². The van der Waals surface area contributed by atoms with Gasteiger partial charge in [-0.1, -0.05) is 6.07 Å². The Labute approximate surface area is 96.3 Å². The third-order valence-corrected chi connectivity index (χ3v) is 4.81. The zero-order valence-corrected chi connectivity index (χ0v) is 10.5. The van der Waals surface area contributed by atoms with Crippen molar-refractivity contribution < 1.29 is 13.2 Å². The fourth-order valence-electron chi connectivity index (χ4n) is 1.48. The molecule has 0 spiro atoms. The van der Waals surface area contributed by atoms with Gasteiger partial charge in [-0.2, -0.15) is 0 Å². The second-order valence-corrected chi connectivity index (χ2v) is 6.12. The second-order valence-electron chi connectivity index (χ2n) is 3.78. The molecule has 0 radical (unpaired) electrons. The molecule has 90 valence electrons. The molecule has 1 aromatic carbocycles. The maximum Gasteiger partial charge on any atom is 0.183 e. The number of sulfone groups is 1. The van der Waals surface area contributed by atoms with E-state index in [4.69, 9.17) is 10.5 Å². The number of nitrogens with two attached hydrogens (primary N) is 1. The van der Waals surface area contributed by atoms with Crippen LogP contribution in [0.4, 0.5) is 5.69 Å². The average Bonchev–Trinajstić information content (AvgIpc) is 2.22. The normalized spacial score (nSPS) is 13.7. The van der Waals surface area contributed by atoms with Crippen molar-refractivity contribution in [1.29, 1.82) is 0 Å². The summed E-state index contributed by atoms with van der Waals surface area (Å²) in [6.45, 7) is 3.51. The number of benzene rings is 1. The van der Waals surface area contributed by atoms with E-state index in [0.717, 1.165) is 0 Å². The van der Waals surface area contributed by atoms with Gasteiger partial charge in [-0.15, -0.1) is 0 Å². The predicted molar refractivity (Wildman–Crippen MR) is 64.1 cm³/mol. The van der Waals surface area contributed by atoms with Crippen molar-refractivity contribution in [1.82, 2.24) is 0 Å². The molecule has 0 bridgehead atoms. The van der Waals surface area contributed by atoms with Crippen molar-refractivity contribution >= 4 is 15.5 Å². The number of ether oxygens (including phenoxy) is 1. The monoisotopic (exact) mass is 243 g/mol. The van der Waals surface area contributed by atoms with Gasteiger partial charge in [0.15, 0.2) is 9.84 Å². The summed E-state index contributed by atoms with van der Waals surface area (Å²) in [4.78, 5) is 0.289. The van der Waals surface area contributed by atoms with Crippen molar-refractivity contribution in [2.75, 3.05) is 19.5 Å². The number of rotatable bonds is 4. The highest BCUT2D eigenvalue weighted by molar-refractivity contribution is 7.92. The summed E-state index contributed by atoms with van der Waals surface area (Å²) in [6.07, 6.45) is 0. The van der Waals surface area contributed by atoms with E-state index in [2.05, 4.69) is 0 Å². The number of anilines is 1. The summed E-state index contributed by atoms with van der Waals surface area (Å²) in [5, 5.41) is -0.571. The zero-order valence-electron chi connectivity index (χ0n) is 9.73. The predicted octanol–water partition coefficient (Wildman–Crippen LogP) is 1.39. The summed E-state index contributed by atoms with van der Waals surface area (Å²) >= 11 is 0. The molecular weight excluding hydrogens is 226 g/mol.